The first-order valence-electron chi connectivity index (χ1n) is 6.21. The minimum Gasteiger partial charge on any atom is -0.393 e. The molecule has 1 aliphatic carbocycles. The van der Waals surface area contributed by atoms with E-state index in [1.807, 2.05) is 0 Å². The summed E-state index contributed by atoms with van der Waals surface area (Å²) in [6.45, 7) is 2.20. The van der Waals surface area contributed by atoms with Crippen LogP contribution in [0.2, 0.25) is 0 Å². The van der Waals surface area contributed by atoms with Gasteiger partial charge in [0.25, 0.3) is 5.91 Å². The number of aryl methyl sites for hydroxylation is 1. The Hall–Kier alpha value is -1.36. The van der Waals surface area contributed by atoms with E-state index in [2.05, 4.69) is 15.5 Å². The maximum atomic E-state index is 11.9. The quantitative estimate of drug-likeness (QED) is 0.724. The maximum absolute atomic E-state index is 11.9. The van der Waals surface area contributed by atoms with Gasteiger partial charge in [-0.25, -0.2) is 0 Å². The minimum absolute atomic E-state index is 0.134. The van der Waals surface area contributed by atoms with E-state index in [1.165, 1.54) is 0 Å². The Morgan fingerprint density at radius 1 is 1.53 bits per heavy atom. The number of rotatable bonds is 4. The van der Waals surface area contributed by atoms with Gasteiger partial charge < -0.3 is 10.4 Å². The number of H-pyrrole nitrogens is 1. The summed E-state index contributed by atoms with van der Waals surface area (Å²) >= 11 is 0. The number of hydrogen-bond donors (Lipinski definition) is 3. The van der Waals surface area contributed by atoms with Gasteiger partial charge >= 0.3 is 0 Å². The van der Waals surface area contributed by atoms with Crippen molar-refractivity contribution in [2.24, 2.45) is 0 Å². The van der Waals surface area contributed by atoms with Crippen LogP contribution >= 0.6 is 0 Å². The first-order valence-corrected chi connectivity index (χ1v) is 6.21. The van der Waals surface area contributed by atoms with Crippen LogP contribution in [-0.2, 0) is 12.8 Å². The molecule has 1 aromatic heterocycles. The molecule has 1 aromatic rings. The first-order chi connectivity index (χ1) is 8.18. The lowest BCUT2D eigenvalue weighted by Gasteiger charge is -2.11. The number of aliphatic hydroxyl groups excluding tert-OH is 1. The molecule has 0 aliphatic heterocycles. The van der Waals surface area contributed by atoms with Gasteiger partial charge in [-0.05, 0) is 39.0 Å². The predicted molar refractivity (Wildman–Crippen MR) is 63.9 cm³/mol. The predicted octanol–water partition coefficient (Wildman–Crippen LogP) is 0.789. The summed E-state index contributed by atoms with van der Waals surface area (Å²) in [5.74, 6) is -0.134. The van der Waals surface area contributed by atoms with Crippen LogP contribution in [0.25, 0.3) is 0 Å². The van der Waals surface area contributed by atoms with Crippen LogP contribution in [0.15, 0.2) is 0 Å². The number of hydrogen-bond acceptors (Lipinski definition) is 3. The molecule has 1 unspecified atom stereocenters. The van der Waals surface area contributed by atoms with E-state index in [-0.39, 0.29) is 12.0 Å². The lowest BCUT2D eigenvalue weighted by molar-refractivity contribution is 0.0939. The molecular formula is C12H19N3O2. The molecule has 0 saturated carbocycles. The number of fused-ring (bicyclic) bond motifs is 1. The molecule has 3 N–H and O–H groups in total. The van der Waals surface area contributed by atoms with Crippen LogP contribution in [0.5, 0.6) is 0 Å². The molecule has 2 rings (SSSR count). The number of nitrogens with zero attached hydrogens (tertiary/aromatic N) is 1. The monoisotopic (exact) mass is 237 g/mol. The van der Waals surface area contributed by atoms with Crippen LogP contribution in [0.4, 0.5) is 0 Å². The molecular weight excluding hydrogens is 218 g/mol. The Balaban J connectivity index is 1.97. The zero-order valence-corrected chi connectivity index (χ0v) is 10.1. The zero-order valence-electron chi connectivity index (χ0n) is 10.1. The highest BCUT2D eigenvalue weighted by Crippen LogP contribution is 2.21. The van der Waals surface area contributed by atoms with Gasteiger partial charge in [0.1, 0.15) is 0 Å². The summed E-state index contributed by atoms with van der Waals surface area (Å²) in [6, 6.07) is 0. The van der Waals surface area contributed by atoms with Gasteiger partial charge in [0.2, 0.25) is 0 Å². The Morgan fingerprint density at radius 3 is 3.06 bits per heavy atom. The molecule has 0 radical (unpaired) electrons. The third-order valence-electron chi connectivity index (χ3n) is 3.12. The molecule has 94 valence electrons. The molecule has 17 heavy (non-hydrogen) atoms. The van der Waals surface area contributed by atoms with Gasteiger partial charge in [0, 0.05) is 17.8 Å². The SMILES string of the molecule is CC(O)CCNC(=O)c1n[nH]c2c1CCCC2. The van der Waals surface area contributed by atoms with E-state index in [1.54, 1.807) is 6.92 Å². The van der Waals surface area contributed by atoms with Crippen LogP contribution in [0.3, 0.4) is 0 Å². The Bertz CT molecular complexity index is 398. The average Bonchev–Trinajstić information content (AvgIpc) is 2.72. The van der Waals surface area contributed by atoms with Gasteiger partial charge in [-0.2, -0.15) is 5.10 Å². The number of carbonyl (C=O) groups excluding carboxylic acids is 1. The highest BCUT2D eigenvalue weighted by atomic mass is 16.3. The normalized spacial score (nSPS) is 16.4. The maximum Gasteiger partial charge on any atom is 0.272 e. The van der Waals surface area contributed by atoms with E-state index >= 15 is 0 Å². The Labute approximate surface area is 101 Å². The third-order valence-corrected chi connectivity index (χ3v) is 3.12. The molecule has 0 fully saturated rings. The summed E-state index contributed by atoms with van der Waals surface area (Å²) in [4.78, 5) is 11.9. The summed E-state index contributed by atoms with van der Waals surface area (Å²) in [7, 11) is 0. The number of aromatic nitrogens is 2. The molecule has 1 heterocycles. The molecule has 1 aliphatic rings. The van der Waals surface area contributed by atoms with Crippen LogP contribution in [-0.4, -0.2) is 33.9 Å². The molecule has 0 saturated heterocycles. The standard InChI is InChI=1S/C12H19N3O2/c1-8(16)6-7-13-12(17)11-9-4-2-3-5-10(9)14-15-11/h8,16H,2-7H2,1H3,(H,13,17)(H,14,15). The minimum atomic E-state index is -0.386. The fourth-order valence-electron chi connectivity index (χ4n) is 2.15. The molecule has 1 atom stereocenters. The summed E-state index contributed by atoms with van der Waals surface area (Å²) in [5, 5.41) is 18.9. The van der Waals surface area contributed by atoms with E-state index in [9.17, 15) is 4.79 Å². The summed E-state index contributed by atoms with van der Waals surface area (Å²) < 4.78 is 0. The van der Waals surface area contributed by atoms with Gasteiger partial charge in [-0.15, -0.1) is 0 Å². The number of carbonyl (C=O) groups is 1. The van der Waals surface area contributed by atoms with Gasteiger partial charge in [0.05, 0.1) is 6.10 Å². The van der Waals surface area contributed by atoms with E-state index < -0.39 is 0 Å². The highest BCUT2D eigenvalue weighted by molar-refractivity contribution is 5.94. The molecule has 5 heteroatoms. The van der Waals surface area contributed by atoms with Crippen molar-refractivity contribution >= 4 is 5.91 Å². The van der Waals surface area contributed by atoms with Gasteiger partial charge in [0.15, 0.2) is 5.69 Å². The van der Waals surface area contributed by atoms with Crippen LogP contribution in [0, 0.1) is 0 Å². The number of aromatic amines is 1. The fourth-order valence-corrected chi connectivity index (χ4v) is 2.15. The van der Waals surface area contributed by atoms with Crippen molar-refractivity contribution in [3.05, 3.63) is 17.0 Å². The van der Waals surface area contributed by atoms with E-state index in [0.29, 0.717) is 18.7 Å². The van der Waals surface area contributed by atoms with Crippen LogP contribution in [0.1, 0.15) is 47.9 Å². The number of aliphatic hydroxyl groups is 1. The number of nitrogens with one attached hydrogen (secondary N) is 2. The van der Waals surface area contributed by atoms with Crippen molar-refractivity contribution in [1.82, 2.24) is 15.5 Å². The summed E-state index contributed by atoms with van der Waals surface area (Å²) in [6.07, 6.45) is 4.40. The van der Waals surface area contributed by atoms with Crippen molar-refractivity contribution in [2.75, 3.05) is 6.54 Å². The van der Waals surface area contributed by atoms with Crippen molar-refractivity contribution in [3.63, 3.8) is 0 Å². The second-order valence-corrected chi connectivity index (χ2v) is 4.63. The highest BCUT2D eigenvalue weighted by Gasteiger charge is 2.21. The lowest BCUT2D eigenvalue weighted by atomic mass is 9.96. The molecule has 0 aromatic carbocycles. The molecule has 5 nitrogen and oxygen atoms in total. The lowest BCUT2D eigenvalue weighted by Crippen LogP contribution is -2.27. The van der Waals surface area contributed by atoms with Crippen molar-refractivity contribution in [2.45, 2.75) is 45.1 Å². The van der Waals surface area contributed by atoms with E-state index in [4.69, 9.17) is 5.11 Å². The Morgan fingerprint density at radius 2 is 2.29 bits per heavy atom. The fraction of sp³-hybridized carbons (Fsp3) is 0.667. The summed E-state index contributed by atoms with van der Waals surface area (Å²) in [5.41, 5.74) is 2.72. The third kappa shape index (κ3) is 2.85. The van der Waals surface area contributed by atoms with Crippen molar-refractivity contribution in [1.29, 1.82) is 0 Å². The van der Waals surface area contributed by atoms with E-state index in [0.717, 1.165) is 36.9 Å². The zero-order chi connectivity index (χ0) is 12.3. The topological polar surface area (TPSA) is 78.0 Å². The molecule has 0 spiro atoms. The van der Waals surface area contributed by atoms with Crippen molar-refractivity contribution < 1.29 is 9.90 Å². The smallest absolute Gasteiger partial charge is 0.272 e. The second-order valence-electron chi connectivity index (χ2n) is 4.63. The second kappa shape index (κ2) is 5.31. The van der Waals surface area contributed by atoms with Gasteiger partial charge in [-0.1, -0.05) is 0 Å². The van der Waals surface area contributed by atoms with Crippen molar-refractivity contribution in [3.8, 4) is 0 Å². The Kier molecular flexibility index (Phi) is 3.78. The average molecular weight is 237 g/mol. The number of amides is 1. The van der Waals surface area contributed by atoms with Crippen LogP contribution < -0.4 is 5.32 Å². The molecule has 0 bridgehead atoms. The molecule has 1 amide bonds. The largest absolute Gasteiger partial charge is 0.393 e. The van der Waals surface area contributed by atoms with Gasteiger partial charge in [-0.3, -0.25) is 9.89 Å². The first kappa shape index (κ1) is 12.1.